The molecule has 0 unspecified atom stereocenters. The normalized spacial score (nSPS) is 20.7. The van der Waals surface area contributed by atoms with Gasteiger partial charge in [0.15, 0.2) is 0 Å². The van der Waals surface area contributed by atoms with E-state index in [1.54, 1.807) is 6.07 Å². The first-order valence-electron chi connectivity index (χ1n) is 3.96. The molecule has 1 aromatic carbocycles. The number of hydrogen-bond donors (Lipinski definition) is 1. The Morgan fingerprint density at radius 3 is 3.25 bits per heavy atom. The van der Waals surface area contributed by atoms with Gasteiger partial charge in [-0.3, -0.25) is 0 Å². The van der Waals surface area contributed by atoms with E-state index in [1.807, 2.05) is 6.92 Å². The van der Waals surface area contributed by atoms with Gasteiger partial charge in [0, 0.05) is 6.07 Å². The largest absolute Gasteiger partial charge is 0.487 e. The van der Waals surface area contributed by atoms with Gasteiger partial charge >= 0.3 is 0 Å². The Labute approximate surface area is 70.3 Å². The molecule has 1 aromatic rings. The zero-order valence-electron chi connectivity index (χ0n) is 6.80. The molecule has 12 heavy (non-hydrogen) atoms. The van der Waals surface area contributed by atoms with E-state index in [0.29, 0.717) is 5.75 Å². The Bertz CT molecular complexity index is 301. The summed E-state index contributed by atoms with van der Waals surface area (Å²) in [5.74, 6) is 0.346. The number of ether oxygens (including phenoxy) is 1. The zero-order chi connectivity index (χ0) is 8.55. The molecule has 3 heteroatoms. The van der Waals surface area contributed by atoms with Gasteiger partial charge in [-0.1, -0.05) is 0 Å². The molecule has 0 saturated heterocycles. The number of anilines is 1. The average Bonchev–Trinajstić information content (AvgIpc) is 2.03. The predicted octanol–water partition coefficient (Wildman–Crippen LogP) is 2.02. The fourth-order valence-electron chi connectivity index (χ4n) is 1.25. The summed E-state index contributed by atoms with van der Waals surface area (Å²) in [6, 6.07) is 4.51. The molecule has 0 fully saturated rings. The molecule has 0 aliphatic carbocycles. The standard InChI is InChI=1S/C9H10FNO/c1-6-5-11-8-3-2-7(10)4-9(8)12-6/h2-4,6,11H,5H2,1H3/t6-/m1/s1. The van der Waals surface area contributed by atoms with Crippen molar-refractivity contribution in [1.29, 1.82) is 0 Å². The van der Waals surface area contributed by atoms with Gasteiger partial charge in [-0.05, 0) is 19.1 Å². The lowest BCUT2D eigenvalue weighted by Crippen LogP contribution is -2.27. The van der Waals surface area contributed by atoms with E-state index in [4.69, 9.17) is 4.74 Å². The van der Waals surface area contributed by atoms with Crippen LogP contribution < -0.4 is 10.1 Å². The van der Waals surface area contributed by atoms with Crippen LogP contribution in [0.5, 0.6) is 5.75 Å². The third-order valence-corrected chi connectivity index (χ3v) is 1.85. The van der Waals surface area contributed by atoms with Crippen molar-refractivity contribution in [3.8, 4) is 5.75 Å². The average molecular weight is 167 g/mol. The maximum Gasteiger partial charge on any atom is 0.145 e. The van der Waals surface area contributed by atoms with Crippen LogP contribution in [0.4, 0.5) is 10.1 Å². The van der Waals surface area contributed by atoms with Crippen molar-refractivity contribution < 1.29 is 9.13 Å². The highest BCUT2D eigenvalue weighted by molar-refractivity contribution is 5.57. The highest BCUT2D eigenvalue weighted by Crippen LogP contribution is 2.29. The minimum Gasteiger partial charge on any atom is -0.487 e. The first-order valence-corrected chi connectivity index (χ1v) is 3.96. The van der Waals surface area contributed by atoms with Gasteiger partial charge in [0.05, 0.1) is 12.2 Å². The van der Waals surface area contributed by atoms with E-state index in [-0.39, 0.29) is 11.9 Å². The van der Waals surface area contributed by atoms with E-state index in [9.17, 15) is 4.39 Å². The molecule has 1 aliphatic rings. The minimum atomic E-state index is -0.260. The summed E-state index contributed by atoms with van der Waals surface area (Å²) in [5.41, 5.74) is 0.870. The molecule has 1 atom stereocenters. The zero-order valence-corrected chi connectivity index (χ0v) is 6.80. The topological polar surface area (TPSA) is 21.3 Å². The molecule has 1 heterocycles. The molecule has 0 radical (unpaired) electrons. The van der Waals surface area contributed by atoms with Crippen LogP contribution in [0.25, 0.3) is 0 Å². The Hall–Kier alpha value is -1.25. The van der Waals surface area contributed by atoms with Crippen molar-refractivity contribution in [2.24, 2.45) is 0 Å². The van der Waals surface area contributed by atoms with Gasteiger partial charge in [-0.25, -0.2) is 4.39 Å². The third-order valence-electron chi connectivity index (χ3n) is 1.85. The van der Waals surface area contributed by atoms with Crippen molar-refractivity contribution in [3.05, 3.63) is 24.0 Å². The summed E-state index contributed by atoms with van der Waals surface area (Å²) in [7, 11) is 0. The molecular weight excluding hydrogens is 157 g/mol. The van der Waals surface area contributed by atoms with Gasteiger partial charge in [0.2, 0.25) is 0 Å². The first-order chi connectivity index (χ1) is 5.75. The summed E-state index contributed by atoms with van der Waals surface area (Å²) < 4.78 is 18.1. The second-order valence-corrected chi connectivity index (χ2v) is 2.95. The maximum atomic E-state index is 12.7. The number of fused-ring (bicyclic) bond motifs is 1. The first kappa shape index (κ1) is 7.40. The van der Waals surface area contributed by atoms with Gasteiger partial charge < -0.3 is 10.1 Å². The Morgan fingerprint density at radius 2 is 2.42 bits per heavy atom. The molecule has 0 bridgehead atoms. The summed E-state index contributed by atoms with van der Waals surface area (Å²) >= 11 is 0. The summed E-state index contributed by atoms with van der Waals surface area (Å²) in [4.78, 5) is 0. The highest BCUT2D eigenvalue weighted by Gasteiger charge is 2.14. The Kier molecular flexibility index (Phi) is 1.64. The molecular formula is C9H10FNO. The van der Waals surface area contributed by atoms with Crippen LogP contribution in [0.15, 0.2) is 18.2 Å². The highest BCUT2D eigenvalue weighted by atomic mass is 19.1. The lowest BCUT2D eigenvalue weighted by atomic mass is 10.2. The van der Waals surface area contributed by atoms with Crippen LogP contribution in [0, 0.1) is 5.82 Å². The molecule has 0 spiro atoms. The van der Waals surface area contributed by atoms with E-state index in [2.05, 4.69) is 5.32 Å². The Balaban J connectivity index is 2.37. The number of benzene rings is 1. The molecule has 2 rings (SSSR count). The van der Waals surface area contributed by atoms with Crippen molar-refractivity contribution in [2.75, 3.05) is 11.9 Å². The van der Waals surface area contributed by atoms with Crippen LogP contribution in [0.3, 0.4) is 0 Å². The van der Waals surface area contributed by atoms with Crippen molar-refractivity contribution >= 4 is 5.69 Å². The van der Waals surface area contributed by atoms with E-state index >= 15 is 0 Å². The Morgan fingerprint density at radius 1 is 1.58 bits per heavy atom. The number of rotatable bonds is 0. The quantitative estimate of drug-likeness (QED) is 0.638. The fraction of sp³-hybridized carbons (Fsp3) is 0.333. The van der Waals surface area contributed by atoms with E-state index < -0.39 is 0 Å². The van der Waals surface area contributed by atoms with E-state index in [0.717, 1.165) is 12.2 Å². The second-order valence-electron chi connectivity index (χ2n) is 2.95. The van der Waals surface area contributed by atoms with Gasteiger partial charge in [-0.2, -0.15) is 0 Å². The summed E-state index contributed by atoms with van der Waals surface area (Å²) in [5, 5.41) is 3.15. The van der Waals surface area contributed by atoms with Gasteiger partial charge in [-0.15, -0.1) is 0 Å². The van der Waals surface area contributed by atoms with E-state index in [1.165, 1.54) is 12.1 Å². The number of nitrogens with one attached hydrogen (secondary N) is 1. The molecule has 0 aromatic heterocycles. The molecule has 0 saturated carbocycles. The van der Waals surface area contributed by atoms with Gasteiger partial charge in [0.1, 0.15) is 17.7 Å². The maximum absolute atomic E-state index is 12.7. The second kappa shape index (κ2) is 2.66. The third kappa shape index (κ3) is 1.22. The fourth-order valence-corrected chi connectivity index (χ4v) is 1.25. The van der Waals surface area contributed by atoms with Crippen LogP contribution in [0.2, 0.25) is 0 Å². The summed E-state index contributed by atoms with van der Waals surface area (Å²) in [6.45, 7) is 2.72. The monoisotopic (exact) mass is 167 g/mol. The van der Waals surface area contributed by atoms with Crippen molar-refractivity contribution in [2.45, 2.75) is 13.0 Å². The lowest BCUT2D eigenvalue weighted by molar-refractivity contribution is 0.225. The molecule has 2 nitrogen and oxygen atoms in total. The lowest BCUT2D eigenvalue weighted by Gasteiger charge is -2.24. The minimum absolute atomic E-state index is 0.110. The summed E-state index contributed by atoms with van der Waals surface area (Å²) in [6.07, 6.45) is 0.110. The molecule has 1 N–H and O–H groups in total. The SMILES string of the molecule is C[C@@H]1CNc2ccc(F)cc2O1. The number of halogens is 1. The van der Waals surface area contributed by atoms with Crippen LogP contribution in [0.1, 0.15) is 6.92 Å². The van der Waals surface area contributed by atoms with Crippen LogP contribution in [-0.2, 0) is 0 Å². The smallest absolute Gasteiger partial charge is 0.145 e. The van der Waals surface area contributed by atoms with Crippen LogP contribution in [-0.4, -0.2) is 12.6 Å². The van der Waals surface area contributed by atoms with Crippen LogP contribution >= 0.6 is 0 Å². The van der Waals surface area contributed by atoms with Crippen molar-refractivity contribution in [3.63, 3.8) is 0 Å². The molecule has 0 amide bonds. The molecule has 64 valence electrons. The van der Waals surface area contributed by atoms with Crippen molar-refractivity contribution in [1.82, 2.24) is 0 Å². The van der Waals surface area contributed by atoms with Gasteiger partial charge in [0.25, 0.3) is 0 Å². The number of hydrogen-bond acceptors (Lipinski definition) is 2. The predicted molar refractivity (Wildman–Crippen MR) is 45.0 cm³/mol. The molecule has 1 aliphatic heterocycles.